The lowest BCUT2D eigenvalue weighted by Gasteiger charge is -2.32. The minimum Gasteiger partial charge on any atom is -0.497 e. The molecule has 4 aromatic rings. The quantitative estimate of drug-likeness (QED) is 0.477. The zero-order valence-corrected chi connectivity index (χ0v) is 19.4. The Morgan fingerprint density at radius 1 is 1.06 bits per heavy atom. The summed E-state index contributed by atoms with van der Waals surface area (Å²) in [5, 5.41) is 8.64. The number of aromatic nitrogens is 4. The maximum Gasteiger partial charge on any atom is 0.223 e. The van der Waals surface area contributed by atoms with Gasteiger partial charge in [-0.15, -0.1) is 5.10 Å². The zero-order chi connectivity index (χ0) is 23.5. The van der Waals surface area contributed by atoms with Crippen LogP contribution in [0, 0.1) is 12.8 Å². The summed E-state index contributed by atoms with van der Waals surface area (Å²) in [6.07, 6.45) is 5.12. The molecule has 34 heavy (non-hydrogen) atoms. The number of nitrogens with zero attached hydrogens (tertiary/aromatic N) is 5. The Kier molecular flexibility index (Phi) is 6.12. The lowest BCUT2D eigenvalue weighted by Crippen LogP contribution is -2.40. The van der Waals surface area contributed by atoms with Crippen LogP contribution in [0.5, 0.6) is 5.75 Å². The Bertz CT molecular complexity index is 1280. The molecule has 2 aromatic carbocycles. The molecule has 0 spiro atoms. The Hall–Kier alpha value is -3.94. The van der Waals surface area contributed by atoms with Crippen molar-refractivity contribution in [2.75, 3.05) is 25.1 Å². The van der Waals surface area contributed by atoms with Gasteiger partial charge in [0.05, 0.1) is 18.2 Å². The third-order valence-electron chi connectivity index (χ3n) is 6.39. The highest BCUT2D eigenvalue weighted by Crippen LogP contribution is 2.28. The van der Waals surface area contributed by atoms with E-state index in [2.05, 4.69) is 44.3 Å². The van der Waals surface area contributed by atoms with Crippen molar-refractivity contribution < 1.29 is 9.53 Å². The Morgan fingerprint density at radius 2 is 1.79 bits per heavy atom. The average molecular weight is 457 g/mol. The molecule has 1 aliphatic heterocycles. The molecule has 3 heterocycles. The molecule has 0 bridgehead atoms. The van der Waals surface area contributed by atoms with Crippen LogP contribution in [-0.2, 0) is 11.3 Å². The van der Waals surface area contributed by atoms with Crippen LogP contribution in [0.25, 0.3) is 16.7 Å². The monoisotopic (exact) mass is 456 g/mol. The summed E-state index contributed by atoms with van der Waals surface area (Å²) in [5.74, 6) is 1.80. The minimum atomic E-state index is 0.00195. The molecule has 0 saturated carbocycles. The summed E-state index contributed by atoms with van der Waals surface area (Å²) >= 11 is 0. The number of anilines is 1. The summed E-state index contributed by atoms with van der Waals surface area (Å²) in [7, 11) is 1.64. The van der Waals surface area contributed by atoms with Crippen LogP contribution in [0.4, 0.5) is 5.82 Å². The standard InChI is InChI=1S/C26H28N6O2/c1-18-3-7-21(8-4-18)32-16-23-24(30-32)28-17-29-25(23)31-13-11-20(12-14-31)26(33)27-15-19-5-9-22(34-2)10-6-19/h3-10,16-17,20H,11-15H2,1-2H3,(H,27,33). The van der Waals surface area contributed by atoms with Crippen LogP contribution >= 0.6 is 0 Å². The van der Waals surface area contributed by atoms with Gasteiger partial charge in [-0.3, -0.25) is 4.79 Å². The van der Waals surface area contributed by atoms with Crippen LogP contribution in [-0.4, -0.2) is 45.9 Å². The second kappa shape index (κ2) is 9.51. The highest BCUT2D eigenvalue weighted by molar-refractivity contribution is 5.87. The van der Waals surface area contributed by atoms with Crippen molar-refractivity contribution in [3.05, 3.63) is 72.2 Å². The van der Waals surface area contributed by atoms with Crippen LogP contribution in [0.2, 0.25) is 0 Å². The molecule has 8 heteroatoms. The predicted molar refractivity (Wildman–Crippen MR) is 131 cm³/mol. The van der Waals surface area contributed by atoms with E-state index in [1.54, 1.807) is 13.4 Å². The van der Waals surface area contributed by atoms with E-state index in [0.29, 0.717) is 12.2 Å². The molecule has 1 aliphatic rings. The predicted octanol–water partition coefficient (Wildman–Crippen LogP) is 3.67. The molecule has 0 aliphatic carbocycles. The van der Waals surface area contributed by atoms with E-state index >= 15 is 0 Å². The topological polar surface area (TPSA) is 85.2 Å². The fraction of sp³-hybridized carbons (Fsp3) is 0.308. The van der Waals surface area contributed by atoms with Crippen LogP contribution in [0.15, 0.2) is 61.1 Å². The average Bonchev–Trinajstić information content (AvgIpc) is 3.32. The van der Waals surface area contributed by atoms with E-state index in [1.165, 1.54) is 5.56 Å². The molecule has 5 rings (SSSR count). The smallest absolute Gasteiger partial charge is 0.223 e. The van der Waals surface area contributed by atoms with Gasteiger partial charge in [0.2, 0.25) is 5.91 Å². The van der Waals surface area contributed by atoms with Crippen molar-refractivity contribution in [2.45, 2.75) is 26.3 Å². The molecule has 0 unspecified atom stereocenters. The fourth-order valence-corrected chi connectivity index (χ4v) is 4.34. The Morgan fingerprint density at radius 3 is 2.50 bits per heavy atom. The molecule has 8 nitrogen and oxygen atoms in total. The SMILES string of the molecule is COc1ccc(CNC(=O)C2CCN(c3ncnc4nn(-c5ccc(C)cc5)cc34)CC2)cc1. The summed E-state index contributed by atoms with van der Waals surface area (Å²) in [4.78, 5) is 23.9. The Balaban J connectivity index is 1.23. The molecule has 0 atom stereocenters. The largest absolute Gasteiger partial charge is 0.497 e. The number of rotatable bonds is 6. The molecular weight excluding hydrogens is 428 g/mol. The fourth-order valence-electron chi connectivity index (χ4n) is 4.34. The first-order valence-corrected chi connectivity index (χ1v) is 11.5. The number of carbonyl (C=O) groups excluding carboxylic acids is 1. The third kappa shape index (κ3) is 4.57. The maximum atomic E-state index is 12.7. The number of carbonyl (C=O) groups is 1. The molecular formula is C26H28N6O2. The highest BCUT2D eigenvalue weighted by atomic mass is 16.5. The maximum absolute atomic E-state index is 12.7. The van der Waals surface area contributed by atoms with Gasteiger partial charge in [-0.2, -0.15) is 0 Å². The first kappa shape index (κ1) is 21.9. The van der Waals surface area contributed by atoms with Gasteiger partial charge >= 0.3 is 0 Å². The molecule has 174 valence electrons. The highest BCUT2D eigenvalue weighted by Gasteiger charge is 2.27. The van der Waals surface area contributed by atoms with E-state index in [4.69, 9.17) is 4.74 Å². The number of hydrogen-bond donors (Lipinski definition) is 1. The Labute approximate surface area is 198 Å². The van der Waals surface area contributed by atoms with Gasteiger partial charge in [0.25, 0.3) is 0 Å². The lowest BCUT2D eigenvalue weighted by molar-refractivity contribution is -0.125. The van der Waals surface area contributed by atoms with Crippen molar-refractivity contribution in [3.8, 4) is 11.4 Å². The van der Waals surface area contributed by atoms with Gasteiger partial charge < -0.3 is 15.0 Å². The first-order chi connectivity index (χ1) is 16.6. The number of ether oxygens (including phenoxy) is 1. The van der Waals surface area contributed by atoms with Crippen molar-refractivity contribution in [1.82, 2.24) is 25.1 Å². The second-order valence-electron chi connectivity index (χ2n) is 8.67. The van der Waals surface area contributed by atoms with Crippen molar-refractivity contribution in [3.63, 3.8) is 0 Å². The lowest BCUT2D eigenvalue weighted by atomic mass is 9.95. The molecule has 2 aromatic heterocycles. The van der Waals surface area contributed by atoms with Gasteiger partial charge in [-0.05, 0) is 49.6 Å². The van der Waals surface area contributed by atoms with E-state index < -0.39 is 0 Å². The number of nitrogens with one attached hydrogen (secondary N) is 1. The van der Waals surface area contributed by atoms with Gasteiger partial charge in [0, 0.05) is 31.7 Å². The van der Waals surface area contributed by atoms with Gasteiger partial charge in [0.1, 0.15) is 17.9 Å². The summed E-state index contributed by atoms with van der Waals surface area (Å²) < 4.78 is 7.03. The molecule has 1 N–H and O–H groups in total. The number of aryl methyl sites for hydroxylation is 1. The number of piperidine rings is 1. The molecule has 1 fully saturated rings. The van der Waals surface area contributed by atoms with Gasteiger partial charge in [0.15, 0.2) is 5.65 Å². The number of hydrogen-bond acceptors (Lipinski definition) is 6. The van der Waals surface area contributed by atoms with Crippen LogP contribution in [0.1, 0.15) is 24.0 Å². The van der Waals surface area contributed by atoms with Crippen molar-refractivity contribution in [1.29, 1.82) is 0 Å². The van der Waals surface area contributed by atoms with Crippen LogP contribution in [0.3, 0.4) is 0 Å². The van der Waals surface area contributed by atoms with E-state index in [-0.39, 0.29) is 11.8 Å². The molecule has 0 radical (unpaired) electrons. The number of methoxy groups -OCH3 is 1. The van der Waals surface area contributed by atoms with E-state index in [9.17, 15) is 4.79 Å². The normalized spacial score (nSPS) is 14.4. The number of amides is 1. The molecule has 1 saturated heterocycles. The molecule has 1 amide bonds. The number of benzene rings is 2. The number of fused-ring (bicyclic) bond motifs is 1. The minimum absolute atomic E-state index is 0.00195. The van der Waals surface area contributed by atoms with Crippen LogP contribution < -0.4 is 15.0 Å². The zero-order valence-electron chi connectivity index (χ0n) is 19.4. The van der Waals surface area contributed by atoms with E-state index in [1.807, 2.05) is 47.3 Å². The summed E-state index contributed by atoms with van der Waals surface area (Å²) in [6.45, 7) is 4.12. The van der Waals surface area contributed by atoms with Gasteiger partial charge in [-0.1, -0.05) is 29.8 Å². The van der Waals surface area contributed by atoms with E-state index in [0.717, 1.165) is 54.1 Å². The summed E-state index contributed by atoms with van der Waals surface area (Å²) in [5.41, 5.74) is 3.92. The first-order valence-electron chi connectivity index (χ1n) is 11.5. The summed E-state index contributed by atoms with van der Waals surface area (Å²) in [6, 6.07) is 16.0. The van der Waals surface area contributed by atoms with Gasteiger partial charge in [-0.25, -0.2) is 14.6 Å². The van der Waals surface area contributed by atoms with Crippen molar-refractivity contribution in [2.24, 2.45) is 5.92 Å². The van der Waals surface area contributed by atoms with Crippen molar-refractivity contribution >= 4 is 22.8 Å². The second-order valence-corrected chi connectivity index (χ2v) is 8.67. The third-order valence-corrected chi connectivity index (χ3v) is 6.39.